The molecule has 0 amide bonds. The van der Waals surface area contributed by atoms with Crippen LogP contribution in [0.15, 0.2) is 45.7 Å². The van der Waals surface area contributed by atoms with Gasteiger partial charge >= 0.3 is 0 Å². The summed E-state index contributed by atoms with van der Waals surface area (Å²) in [4.78, 5) is 1.40. The maximum atomic E-state index is 5.67. The Balaban J connectivity index is 1.75. The third kappa shape index (κ3) is 2.20. The van der Waals surface area contributed by atoms with Crippen molar-refractivity contribution in [2.45, 2.75) is 30.8 Å². The molecule has 18 heavy (non-hydrogen) atoms. The van der Waals surface area contributed by atoms with Gasteiger partial charge in [-0.1, -0.05) is 18.2 Å². The number of fused-ring (bicyclic) bond motifs is 1. The SMILES string of the molecule is Cc1ccc(C(C)NC2CSc3ccccc32)o1. The van der Waals surface area contributed by atoms with Gasteiger partial charge in [0.25, 0.3) is 0 Å². The summed E-state index contributed by atoms with van der Waals surface area (Å²) < 4.78 is 5.67. The highest BCUT2D eigenvalue weighted by molar-refractivity contribution is 7.99. The molecule has 3 heteroatoms. The summed E-state index contributed by atoms with van der Waals surface area (Å²) in [5, 5.41) is 3.65. The van der Waals surface area contributed by atoms with Crippen LogP contribution in [0.4, 0.5) is 0 Å². The van der Waals surface area contributed by atoms with Gasteiger partial charge in [0.2, 0.25) is 0 Å². The van der Waals surface area contributed by atoms with Gasteiger partial charge in [0.05, 0.1) is 6.04 Å². The second-order valence-corrected chi connectivity index (χ2v) is 5.80. The Morgan fingerprint density at radius 1 is 1.28 bits per heavy atom. The maximum Gasteiger partial charge on any atom is 0.120 e. The van der Waals surface area contributed by atoms with Gasteiger partial charge in [-0.05, 0) is 37.6 Å². The van der Waals surface area contributed by atoms with Crippen molar-refractivity contribution in [1.29, 1.82) is 0 Å². The average Bonchev–Trinajstić information content (AvgIpc) is 2.97. The summed E-state index contributed by atoms with van der Waals surface area (Å²) in [6.07, 6.45) is 0. The van der Waals surface area contributed by atoms with Gasteiger partial charge in [0, 0.05) is 16.7 Å². The predicted octanol–water partition coefficient (Wildman–Crippen LogP) is 4.09. The van der Waals surface area contributed by atoms with Crippen LogP contribution in [0.1, 0.15) is 36.1 Å². The molecule has 1 aliphatic rings. The lowest BCUT2D eigenvalue weighted by molar-refractivity contribution is 0.395. The zero-order chi connectivity index (χ0) is 12.5. The number of nitrogens with one attached hydrogen (secondary N) is 1. The van der Waals surface area contributed by atoms with E-state index in [1.807, 2.05) is 24.8 Å². The minimum Gasteiger partial charge on any atom is -0.465 e. The van der Waals surface area contributed by atoms with Gasteiger partial charge in [-0.15, -0.1) is 11.8 Å². The molecule has 3 rings (SSSR count). The van der Waals surface area contributed by atoms with Crippen molar-refractivity contribution in [2.75, 3.05) is 5.75 Å². The van der Waals surface area contributed by atoms with Crippen LogP contribution in [0.3, 0.4) is 0 Å². The van der Waals surface area contributed by atoms with Crippen molar-refractivity contribution in [1.82, 2.24) is 5.32 Å². The van der Waals surface area contributed by atoms with Gasteiger partial charge in [-0.25, -0.2) is 0 Å². The predicted molar refractivity (Wildman–Crippen MR) is 74.9 cm³/mol. The molecular formula is C15H17NOS. The molecular weight excluding hydrogens is 242 g/mol. The van der Waals surface area contributed by atoms with E-state index >= 15 is 0 Å². The fourth-order valence-electron chi connectivity index (χ4n) is 2.37. The first-order valence-corrected chi connectivity index (χ1v) is 7.26. The Bertz CT molecular complexity index is 549. The molecule has 0 saturated carbocycles. The van der Waals surface area contributed by atoms with Crippen LogP contribution in [-0.4, -0.2) is 5.75 Å². The van der Waals surface area contributed by atoms with Crippen molar-refractivity contribution < 1.29 is 4.42 Å². The zero-order valence-electron chi connectivity index (χ0n) is 10.6. The monoisotopic (exact) mass is 259 g/mol. The fourth-order valence-corrected chi connectivity index (χ4v) is 3.54. The smallest absolute Gasteiger partial charge is 0.120 e. The minimum absolute atomic E-state index is 0.246. The molecule has 0 bridgehead atoms. The molecule has 2 atom stereocenters. The van der Waals surface area contributed by atoms with E-state index in [4.69, 9.17) is 4.42 Å². The van der Waals surface area contributed by atoms with Crippen molar-refractivity contribution in [3.05, 3.63) is 53.5 Å². The van der Waals surface area contributed by atoms with E-state index in [1.165, 1.54) is 10.5 Å². The Labute approximate surface area is 112 Å². The Morgan fingerprint density at radius 3 is 2.89 bits per heavy atom. The molecule has 0 fully saturated rings. The zero-order valence-corrected chi connectivity index (χ0v) is 11.5. The van der Waals surface area contributed by atoms with Gasteiger partial charge in [0.1, 0.15) is 11.5 Å². The molecule has 0 aliphatic carbocycles. The van der Waals surface area contributed by atoms with E-state index in [2.05, 4.69) is 42.6 Å². The van der Waals surface area contributed by atoms with E-state index in [0.29, 0.717) is 6.04 Å². The summed E-state index contributed by atoms with van der Waals surface area (Å²) in [5.74, 6) is 3.09. The number of thioether (sulfide) groups is 1. The van der Waals surface area contributed by atoms with Crippen LogP contribution in [0, 0.1) is 6.92 Å². The summed E-state index contributed by atoms with van der Waals surface area (Å²) in [5.41, 5.74) is 1.41. The number of hydrogen-bond acceptors (Lipinski definition) is 3. The molecule has 2 unspecified atom stereocenters. The van der Waals surface area contributed by atoms with Gasteiger partial charge < -0.3 is 4.42 Å². The standard InChI is InChI=1S/C15H17NOS/c1-10-7-8-14(17-10)11(2)16-13-9-18-15-6-4-3-5-12(13)15/h3-8,11,13,16H,9H2,1-2H3. The summed E-state index contributed by atoms with van der Waals surface area (Å²) in [6.45, 7) is 4.14. The van der Waals surface area contributed by atoms with Crippen molar-refractivity contribution in [3.8, 4) is 0 Å². The van der Waals surface area contributed by atoms with E-state index < -0.39 is 0 Å². The highest BCUT2D eigenvalue weighted by Crippen LogP contribution is 2.38. The highest BCUT2D eigenvalue weighted by Gasteiger charge is 2.24. The van der Waals surface area contributed by atoms with Gasteiger partial charge in [-0.2, -0.15) is 0 Å². The quantitative estimate of drug-likeness (QED) is 0.899. The van der Waals surface area contributed by atoms with E-state index in [-0.39, 0.29) is 6.04 Å². The minimum atomic E-state index is 0.246. The Kier molecular flexibility index (Phi) is 3.18. The van der Waals surface area contributed by atoms with E-state index in [0.717, 1.165) is 17.3 Å². The molecule has 1 N–H and O–H groups in total. The van der Waals surface area contributed by atoms with Crippen LogP contribution >= 0.6 is 11.8 Å². The first-order chi connectivity index (χ1) is 8.74. The molecule has 2 aromatic rings. The topological polar surface area (TPSA) is 25.2 Å². The summed E-state index contributed by atoms with van der Waals surface area (Å²) >= 11 is 1.93. The molecule has 0 saturated heterocycles. The number of aryl methyl sites for hydroxylation is 1. The lowest BCUT2D eigenvalue weighted by Crippen LogP contribution is -2.24. The lowest BCUT2D eigenvalue weighted by atomic mass is 10.1. The third-order valence-corrected chi connectivity index (χ3v) is 4.52. The molecule has 1 aliphatic heterocycles. The average molecular weight is 259 g/mol. The number of rotatable bonds is 3. The van der Waals surface area contributed by atoms with Gasteiger partial charge in [-0.3, -0.25) is 5.32 Å². The van der Waals surface area contributed by atoms with E-state index in [1.54, 1.807) is 0 Å². The summed E-state index contributed by atoms with van der Waals surface area (Å²) in [7, 11) is 0. The van der Waals surface area contributed by atoms with Crippen molar-refractivity contribution in [2.24, 2.45) is 0 Å². The highest BCUT2D eigenvalue weighted by atomic mass is 32.2. The first-order valence-electron chi connectivity index (χ1n) is 6.28. The largest absolute Gasteiger partial charge is 0.465 e. The first kappa shape index (κ1) is 11.9. The second kappa shape index (κ2) is 4.82. The van der Waals surface area contributed by atoms with Crippen LogP contribution < -0.4 is 5.32 Å². The number of benzene rings is 1. The Morgan fingerprint density at radius 2 is 2.11 bits per heavy atom. The molecule has 1 aromatic heterocycles. The number of furan rings is 1. The molecule has 94 valence electrons. The maximum absolute atomic E-state index is 5.67. The normalized spacial score (nSPS) is 19.8. The molecule has 0 spiro atoms. The lowest BCUT2D eigenvalue weighted by Gasteiger charge is -2.18. The van der Waals surface area contributed by atoms with Gasteiger partial charge in [0.15, 0.2) is 0 Å². The number of hydrogen-bond donors (Lipinski definition) is 1. The third-order valence-electron chi connectivity index (χ3n) is 3.34. The van der Waals surface area contributed by atoms with Crippen LogP contribution in [-0.2, 0) is 0 Å². The van der Waals surface area contributed by atoms with Crippen molar-refractivity contribution in [3.63, 3.8) is 0 Å². The molecule has 1 aromatic carbocycles. The molecule has 2 heterocycles. The fraction of sp³-hybridized carbons (Fsp3) is 0.333. The van der Waals surface area contributed by atoms with Crippen molar-refractivity contribution >= 4 is 11.8 Å². The van der Waals surface area contributed by atoms with E-state index in [9.17, 15) is 0 Å². The summed E-state index contributed by atoms with van der Waals surface area (Å²) in [6, 6.07) is 13.4. The Hall–Kier alpha value is -1.19. The second-order valence-electron chi connectivity index (χ2n) is 4.74. The molecule has 0 radical (unpaired) electrons. The van der Waals surface area contributed by atoms with Crippen LogP contribution in [0.5, 0.6) is 0 Å². The van der Waals surface area contributed by atoms with Crippen LogP contribution in [0.25, 0.3) is 0 Å². The van der Waals surface area contributed by atoms with Crippen LogP contribution in [0.2, 0.25) is 0 Å². The molecule has 2 nitrogen and oxygen atoms in total.